The summed E-state index contributed by atoms with van der Waals surface area (Å²) in [5, 5.41) is 1.75. The third-order valence-electron chi connectivity index (χ3n) is 2.08. The van der Waals surface area contributed by atoms with Crippen LogP contribution in [0.2, 0.25) is 0 Å². The lowest BCUT2D eigenvalue weighted by atomic mass is 10.0. The third-order valence-corrected chi connectivity index (χ3v) is 2.93. The predicted molar refractivity (Wildman–Crippen MR) is 59.6 cm³/mol. The average Bonchev–Trinajstić information content (AvgIpc) is 2.77. The Hall–Kier alpha value is -1.74. The van der Waals surface area contributed by atoms with Crippen molar-refractivity contribution < 1.29 is 9.59 Å². The van der Waals surface area contributed by atoms with Crippen molar-refractivity contribution in [2.75, 3.05) is 0 Å². The fourth-order valence-corrected chi connectivity index (χ4v) is 2.04. The molecule has 0 bridgehead atoms. The average molecular weight is 216 g/mol. The molecule has 2 nitrogen and oxygen atoms in total. The number of rotatable bonds is 3. The number of carbonyl (C=O) groups is 2. The van der Waals surface area contributed by atoms with Crippen LogP contribution in [0.1, 0.15) is 25.6 Å². The number of hydrogen-bond donors (Lipinski definition) is 0. The van der Waals surface area contributed by atoms with Gasteiger partial charge in [-0.25, -0.2) is 0 Å². The lowest BCUT2D eigenvalue weighted by molar-refractivity contribution is 0.103. The molecule has 2 rings (SSSR count). The first-order valence-electron chi connectivity index (χ1n) is 4.45. The monoisotopic (exact) mass is 216 g/mol. The Morgan fingerprint density at radius 3 is 2.53 bits per heavy atom. The van der Waals surface area contributed by atoms with Crippen molar-refractivity contribution in [3.63, 3.8) is 0 Å². The van der Waals surface area contributed by atoms with Gasteiger partial charge in [0.25, 0.3) is 0 Å². The van der Waals surface area contributed by atoms with E-state index in [1.54, 1.807) is 35.7 Å². The van der Waals surface area contributed by atoms with E-state index in [-0.39, 0.29) is 5.78 Å². The topological polar surface area (TPSA) is 34.1 Å². The van der Waals surface area contributed by atoms with E-state index in [1.807, 2.05) is 6.07 Å². The van der Waals surface area contributed by atoms with Crippen LogP contribution in [0.25, 0.3) is 0 Å². The molecule has 0 saturated heterocycles. The molecule has 0 amide bonds. The van der Waals surface area contributed by atoms with Gasteiger partial charge in [-0.1, -0.05) is 30.3 Å². The van der Waals surface area contributed by atoms with E-state index >= 15 is 0 Å². The Balaban J connectivity index is 2.41. The lowest BCUT2D eigenvalue weighted by Gasteiger charge is -1.98. The van der Waals surface area contributed by atoms with Gasteiger partial charge in [-0.3, -0.25) is 9.59 Å². The van der Waals surface area contributed by atoms with Crippen molar-refractivity contribution in [1.29, 1.82) is 0 Å². The van der Waals surface area contributed by atoms with E-state index in [9.17, 15) is 9.59 Å². The molecule has 1 aromatic carbocycles. The largest absolute Gasteiger partial charge is 0.297 e. The summed E-state index contributed by atoms with van der Waals surface area (Å²) in [5.74, 6) is -0.0982. The molecule has 0 spiro atoms. The van der Waals surface area contributed by atoms with Crippen LogP contribution in [-0.4, -0.2) is 12.1 Å². The van der Waals surface area contributed by atoms with Crippen LogP contribution < -0.4 is 0 Å². The Bertz CT molecular complexity index is 485. The first-order valence-corrected chi connectivity index (χ1v) is 5.33. The zero-order valence-electron chi connectivity index (χ0n) is 7.84. The molecule has 1 aromatic heterocycles. The van der Waals surface area contributed by atoms with Crippen LogP contribution in [0.15, 0.2) is 41.8 Å². The van der Waals surface area contributed by atoms with Gasteiger partial charge in [-0.05, 0) is 11.4 Å². The van der Waals surface area contributed by atoms with Gasteiger partial charge >= 0.3 is 0 Å². The van der Waals surface area contributed by atoms with Gasteiger partial charge < -0.3 is 0 Å². The highest BCUT2D eigenvalue weighted by Crippen LogP contribution is 2.18. The molecule has 0 fully saturated rings. The zero-order chi connectivity index (χ0) is 10.7. The smallest absolute Gasteiger partial charge is 0.194 e. The molecule has 0 aliphatic rings. The number of hydrogen-bond acceptors (Lipinski definition) is 3. The molecule has 0 N–H and O–H groups in total. The van der Waals surface area contributed by atoms with Crippen LogP contribution in [-0.2, 0) is 0 Å². The standard InChI is InChI=1S/C12H8O2S/c13-8-11-10(6-7-15-11)12(14)9-4-2-1-3-5-9/h1-8H. The predicted octanol–water partition coefficient (Wildman–Crippen LogP) is 2.79. The quantitative estimate of drug-likeness (QED) is 0.584. The maximum absolute atomic E-state index is 11.9. The van der Waals surface area contributed by atoms with Gasteiger partial charge in [-0.15, -0.1) is 11.3 Å². The SMILES string of the molecule is O=Cc1sccc1C(=O)c1ccccc1. The van der Waals surface area contributed by atoms with Crippen LogP contribution >= 0.6 is 11.3 Å². The molecule has 0 aliphatic heterocycles. The van der Waals surface area contributed by atoms with Gasteiger partial charge in [-0.2, -0.15) is 0 Å². The molecule has 0 atom stereocenters. The van der Waals surface area contributed by atoms with Gasteiger partial charge in [0.1, 0.15) is 0 Å². The molecule has 3 heteroatoms. The van der Waals surface area contributed by atoms with Crippen LogP contribution in [0.4, 0.5) is 0 Å². The minimum Gasteiger partial charge on any atom is -0.297 e. The van der Waals surface area contributed by atoms with Crippen molar-refractivity contribution in [2.45, 2.75) is 0 Å². The summed E-state index contributed by atoms with van der Waals surface area (Å²) in [6.07, 6.45) is 0.723. The Morgan fingerprint density at radius 1 is 1.13 bits per heavy atom. The molecular weight excluding hydrogens is 208 g/mol. The Morgan fingerprint density at radius 2 is 1.87 bits per heavy atom. The summed E-state index contributed by atoms with van der Waals surface area (Å²) in [7, 11) is 0. The van der Waals surface area contributed by atoms with Gasteiger partial charge in [0, 0.05) is 11.1 Å². The van der Waals surface area contributed by atoms with Crippen molar-refractivity contribution >= 4 is 23.4 Å². The van der Waals surface area contributed by atoms with E-state index in [0.717, 1.165) is 6.29 Å². The summed E-state index contributed by atoms with van der Waals surface area (Å²) in [6.45, 7) is 0. The highest BCUT2D eigenvalue weighted by molar-refractivity contribution is 7.12. The first-order chi connectivity index (χ1) is 7.33. The van der Waals surface area contributed by atoms with Gasteiger partial charge in [0.15, 0.2) is 12.1 Å². The second-order valence-corrected chi connectivity index (χ2v) is 3.96. The summed E-state index contributed by atoms with van der Waals surface area (Å²) in [4.78, 5) is 23.1. The highest BCUT2D eigenvalue weighted by atomic mass is 32.1. The van der Waals surface area contributed by atoms with Crippen molar-refractivity contribution in [1.82, 2.24) is 0 Å². The van der Waals surface area contributed by atoms with E-state index in [0.29, 0.717) is 16.0 Å². The van der Waals surface area contributed by atoms with Crippen LogP contribution in [0.3, 0.4) is 0 Å². The summed E-state index contributed by atoms with van der Waals surface area (Å²) in [6, 6.07) is 10.6. The molecule has 15 heavy (non-hydrogen) atoms. The fraction of sp³-hybridized carbons (Fsp3) is 0. The molecule has 2 aromatic rings. The normalized spacial score (nSPS) is 9.87. The molecule has 0 radical (unpaired) electrons. The summed E-state index contributed by atoms with van der Waals surface area (Å²) in [5.41, 5.74) is 1.10. The number of aldehydes is 1. The second-order valence-electron chi connectivity index (χ2n) is 3.01. The van der Waals surface area contributed by atoms with Crippen molar-refractivity contribution in [3.05, 3.63) is 57.8 Å². The Labute approximate surface area is 91.2 Å². The number of benzene rings is 1. The van der Waals surface area contributed by atoms with E-state index in [2.05, 4.69) is 0 Å². The third kappa shape index (κ3) is 1.87. The summed E-state index contributed by atoms with van der Waals surface area (Å²) >= 11 is 1.28. The van der Waals surface area contributed by atoms with E-state index < -0.39 is 0 Å². The fourth-order valence-electron chi connectivity index (χ4n) is 1.34. The Kier molecular flexibility index (Phi) is 2.74. The highest BCUT2D eigenvalue weighted by Gasteiger charge is 2.13. The molecule has 74 valence electrons. The van der Waals surface area contributed by atoms with E-state index in [1.165, 1.54) is 11.3 Å². The molecule has 0 unspecified atom stereocenters. The van der Waals surface area contributed by atoms with Gasteiger partial charge in [0.2, 0.25) is 0 Å². The lowest BCUT2D eigenvalue weighted by Crippen LogP contribution is -2.01. The van der Waals surface area contributed by atoms with Gasteiger partial charge in [0.05, 0.1) is 4.88 Å². The van der Waals surface area contributed by atoms with Crippen LogP contribution in [0, 0.1) is 0 Å². The van der Waals surface area contributed by atoms with Crippen molar-refractivity contribution in [2.24, 2.45) is 0 Å². The summed E-state index contributed by atoms with van der Waals surface area (Å²) < 4.78 is 0. The van der Waals surface area contributed by atoms with E-state index in [4.69, 9.17) is 0 Å². The molecular formula is C12H8O2S. The second kappa shape index (κ2) is 4.19. The molecule has 1 heterocycles. The number of carbonyl (C=O) groups excluding carboxylic acids is 2. The van der Waals surface area contributed by atoms with Crippen molar-refractivity contribution in [3.8, 4) is 0 Å². The number of thiophene rings is 1. The maximum atomic E-state index is 11.9. The molecule has 0 aliphatic carbocycles. The maximum Gasteiger partial charge on any atom is 0.194 e. The van der Waals surface area contributed by atoms with Crippen LogP contribution in [0.5, 0.6) is 0 Å². The molecule has 0 saturated carbocycles. The minimum absolute atomic E-state index is 0.0982. The first kappa shape index (κ1) is 9.80. The number of ketones is 1. The zero-order valence-corrected chi connectivity index (χ0v) is 8.66. The minimum atomic E-state index is -0.0982.